The number of rotatable bonds is 3. The van der Waals surface area contributed by atoms with Crippen LogP contribution >= 0.6 is 0 Å². The summed E-state index contributed by atoms with van der Waals surface area (Å²) in [5, 5.41) is 10.7. The van der Waals surface area contributed by atoms with E-state index in [-0.39, 0.29) is 10.6 Å². The zero-order valence-corrected chi connectivity index (χ0v) is 10.2. The van der Waals surface area contributed by atoms with Crippen molar-refractivity contribution in [1.82, 2.24) is 8.87 Å². The molecular formula is C10H13N2O4S-. The molecule has 0 spiro atoms. The lowest BCUT2D eigenvalue weighted by molar-refractivity contribution is -0.255. The predicted molar refractivity (Wildman–Crippen MR) is 57.7 cm³/mol. The van der Waals surface area contributed by atoms with Gasteiger partial charge in [0, 0.05) is 26.3 Å². The fourth-order valence-corrected chi connectivity index (χ4v) is 3.54. The van der Waals surface area contributed by atoms with Crippen molar-refractivity contribution in [3.05, 3.63) is 18.0 Å². The predicted octanol–water partition coefficient (Wildman–Crippen LogP) is -0.827. The van der Waals surface area contributed by atoms with Crippen LogP contribution in [0.15, 0.2) is 17.2 Å². The molecule has 1 aromatic rings. The Morgan fingerprint density at radius 2 is 1.94 bits per heavy atom. The number of carbonyl (C=O) groups excluding carboxylic acids is 1. The van der Waals surface area contributed by atoms with Gasteiger partial charge in [0.05, 0.1) is 11.7 Å². The molecule has 0 amide bonds. The van der Waals surface area contributed by atoms with E-state index in [0.717, 1.165) is 18.9 Å². The van der Waals surface area contributed by atoms with Crippen LogP contribution in [-0.2, 0) is 17.1 Å². The van der Waals surface area contributed by atoms with Gasteiger partial charge < -0.3 is 14.5 Å². The molecule has 0 saturated carbocycles. The van der Waals surface area contributed by atoms with Gasteiger partial charge in [0.1, 0.15) is 4.90 Å². The van der Waals surface area contributed by atoms with Crippen LogP contribution in [0.2, 0.25) is 0 Å². The lowest BCUT2D eigenvalue weighted by Crippen LogP contribution is -2.27. The first kappa shape index (κ1) is 12.1. The van der Waals surface area contributed by atoms with Crippen molar-refractivity contribution < 1.29 is 18.3 Å². The van der Waals surface area contributed by atoms with Gasteiger partial charge in [-0.2, -0.15) is 4.31 Å². The summed E-state index contributed by atoms with van der Waals surface area (Å²) in [6.45, 7) is 0.996. The van der Waals surface area contributed by atoms with Crippen molar-refractivity contribution in [2.75, 3.05) is 13.1 Å². The fraction of sp³-hybridized carbons (Fsp3) is 0.500. The normalized spacial score (nSPS) is 17.5. The summed E-state index contributed by atoms with van der Waals surface area (Å²) in [5.41, 5.74) is -0.136. The zero-order valence-electron chi connectivity index (χ0n) is 9.42. The first-order valence-electron chi connectivity index (χ1n) is 5.31. The molecule has 1 aliphatic rings. The number of nitrogens with zero attached hydrogens (tertiary/aromatic N) is 2. The number of hydrogen-bond acceptors (Lipinski definition) is 4. The number of aryl methyl sites for hydroxylation is 1. The van der Waals surface area contributed by atoms with E-state index in [1.807, 2.05) is 0 Å². The van der Waals surface area contributed by atoms with Gasteiger partial charge in [-0.3, -0.25) is 0 Å². The zero-order chi connectivity index (χ0) is 12.6. The van der Waals surface area contributed by atoms with Crippen LogP contribution in [0.25, 0.3) is 0 Å². The lowest BCUT2D eigenvalue weighted by atomic mass is 10.4. The second-order valence-corrected chi connectivity index (χ2v) is 6.01. The quantitative estimate of drug-likeness (QED) is 0.708. The first-order chi connectivity index (χ1) is 7.93. The highest BCUT2D eigenvalue weighted by Gasteiger charge is 2.28. The summed E-state index contributed by atoms with van der Waals surface area (Å²) in [4.78, 5) is 10.8. The summed E-state index contributed by atoms with van der Waals surface area (Å²) in [6.07, 6.45) is 3.00. The van der Waals surface area contributed by atoms with Crippen molar-refractivity contribution >= 4 is 16.0 Å². The highest BCUT2D eigenvalue weighted by Crippen LogP contribution is 2.22. The van der Waals surface area contributed by atoms with E-state index in [4.69, 9.17) is 0 Å². The Hall–Kier alpha value is -1.34. The van der Waals surface area contributed by atoms with Crippen LogP contribution in [-0.4, -0.2) is 36.3 Å². The van der Waals surface area contributed by atoms with Gasteiger partial charge in [0.2, 0.25) is 10.0 Å². The number of carboxylic acids is 1. The van der Waals surface area contributed by atoms with E-state index < -0.39 is 16.0 Å². The molecule has 17 heavy (non-hydrogen) atoms. The Labute approximate surface area is 99.5 Å². The Morgan fingerprint density at radius 3 is 2.41 bits per heavy atom. The minimum absolute atomic E-state index is 0.0149. The average molecular weight is 257 g/mol. The number of carboxylic acid groups (broad SMARTS) is 1. The molecule has 0 N–H and O–H groups in total. The summed E-state index contributed by atoms with van der Waals surface area (Å²) in [7, 11) is -2.07. The number of aromatic carboxylic acids is 1. The smallest absolute Gasteiger partial charge is 0.244 e. The molecule has 0 aromatic carbocycles. The van der Waals surface area contributed by atoms with Crippen LogP contribution in [0, 0.1) is 0 Å². The molecule has 2 heterocycles. The van der Waals surface area contributed by atoms with E-state index in [9.17, 15) is 18.3 Å². The van der Waals surface area contributed by atoms with Crippen LogP contribution < -0.4 is 5.11 Å². The molecular weight excluding hydrogens is 244 g/mol. The second kappa shape index (κ2) is 4.15. The monoisotopic (exact) mass is 257 g/mol. The molecule has 0 bridgehead atoms. The van der Waals surface area contributed by atoms with Gasteiger partial charge in [-0.25, -0.2) is 8.42 Å². The standard InChI is InChI=1S/C10H14N2O4S/c1-11-7-8(6-9(11)10(13)14)17(15,16)12-4-2-3-5-12/h6-7H,2-5H2,1H3,(H,13,14)/p-1. The number of hydrogen-bond donors (Lipinski definition) is 0. The molecule has 1 aliphatic heterocycles. The average Bonchev–Trinajstić information content (AvgIpc) is 2.84. The molecule has 0 radical (unpaired) electrons. The van der Waals surface area contributed by atoms with Crippen molar-refractivity contribution in [1.29, 1.82) is 0 Å². The van der Waals surface area contributed by atoms with Gasteiger partial charge >= 0.3 is 0 Å². The van der Waals surface area contributed by atoms with Crippen LogP contribution in [0.5, 0.6) is 0 Å². The molecule has 2 rings (SSSR count). The maximum Gasteiger partial charge on any atom is 0.244 e. The van der Waals surface area contributed by atoms with Gasteiger partial charge in [-0.05, 0) is 18.9 Å². The first-order valence-corrected chi connectivity index (χ1v) is 6.75. The Balaban J connectivity index is 2.40. The highest BCUT2D eigenvalue weighted by atomic mass is 32.2. The molecule has 6 nitrogen and oxygen atoms in total. The largest absolute Gasteiger partial charge is 0.543 e. The van der Waals surface area contributed by atoms with Crippen molar-refractivity contribution in [3.8, 4) is 0 Å². The molecule has 1 fully saturated rings. The van der Waals surface area contributed by atoms with E-state index in [1.54, 1.807) is 0 Å². The van der Waals surface area contributed by atoms with Crippen LogP contribution in [0.4, 0.5) is 0 Å². The van der Waals surface area contributed by atoms with Crippen molar-refractivity contribution in [3.63, 3.8) is 0 Å². The summed E-state index contributed by atoms with van der Waals surface area (Å²) in [5.74, 6) is -1.38. The van der Waals surface area contributed by atoms with E-state index >= 15 is 0 Å². The third-order valence-corrected chi connectivity index (χ3v) is 4.76. The molecule has 0 unspecified atom stereocenters. The minimum Gasteiger partial charge on any atom is -0.543 e. The highest BCUT2D eigenvalue weighted by molar-refractivity contribution is 7.89. The summed E-state index contributed by atoms with van der Waals surface area (Å²) in [6, 6.07) is 1.14. The molecule has 94 valence electrons. The molecule has 0 aliphatic carbocycles. The number of carbonyl (C=O) groups is 1. The van der Waals surface area contributed by atoms with Gasteiger partial charge in [0.15, 0.2) is 0 Å². The molecule has 7 heteroatoms. The number of sulfonamides is 1. The Morgan fingerprint density at radius 1 is 1.35 bits per heavy atom. The second-order valence-electron chi connectivity index (χ2n) is 4.07. The summed E-state index contributed by atoms with van der Waals surface area (Å²) < 4.78 is 26.9. The van der Waals surface area contributed by atoms with E-state index in [1.165, 1.54) is 22.1 Å². The Bertz CT molecular complexity index is 541. The van der Waals surface area contributed by atoms with Crippen LogP contribution in [0.1, 0.15) is 23.3 Å². The minimum atomic E-state index is -3.55. The van der Waals surface area contributed by atoms with Crippen molar-refractivity contribution in [2.45, 2.75) is 17.7 Å². The van der Waals surface area contributed by atoms with Gasteiger partial charge in [-0.15, -0.1) is 0 Å². The van der Waals surface area contributed by atoms with Gasteiger partial charge in [-0.1, -0.05) is 0 Å². The third kappa shape index (κ3) is 2.07. The fourth-order valence-electron chi connectivity index (χ4n) is 1.96. The van der Waals surface area contributed by atoms with Crippen molar-refractivity contribution in [2.24, 2.45) is 7.05 Å². The van der Waals surface area contributed by atoms with Crippen LogP contribution in [0.3, 0.4) is 0 Å². The van der Waals surface area contributed by atoms with E-state index in [2.05, 4.69) is 0 Å². The molecule has 1 saturated heterocycles. The molecule has 1 aromatic heterocycles. The van der Waals surface area contributed by atoms with E-state index in [0.29, 0.717) is 13.1 Å². The maximum absolute atomic E-state index is 12.1. The lowest BCUT2D eigenvalue weighted by Gasteiger charge is -2.13. The molecule has 0 atom stereocenters. The summed E-state index contributed by atoms with van der Waals surface area (Å²) >= 11 is 0. The topological polar surface area (TPSA) is 82.4 Å². The maximum atomic E-state index is 12.1. The Kier molecular flexibility index (Phi) is 2.96. The number of aromatic nitrogens is 1. The SMILES string of the molecule is Cn1cc(S(=O)(=O)N2CCCC2)cc1C(=O)[O-]. The third-order valence-electron chi connectivity index (χ3n) is 2.89. The van der Waals surface area contributed by atoms with Gasteiger partial charge in [0.25, 0.3) is 0 Å².